The van der Waals surface area contributed by atoms with E-state index in [-0.39, 0.29) is 22.7 Å². The van der Waals surface area contributed by atoms with Gasteiger partial charge in [0.05, 0.1) is 11.5 Å². The van der Waals surface area contributed by atoms with Crippen LogP contribution in [0, 0.1) is 11.3 Å². The smallest absolute Gasteiger partial charge is 0.240 e. The maximum Gasteiger partial charge on any atom is 0.240 e. The van der Waals surface area contributed by atoms with Crippen molar-refractivity contribution in [1.29, 1.82) is 0 Å². The molecule has 1 heterocycles. The Hall–Kier alpha value is -0.820. The summed E-state index contributed by atoms with van der Waals surface area (Å²) >= 11 is 0. The first-order valence-electron chi connectivity index (χ1n) is 8.24. The van der Waals surface area contributed by atoms with Crippen LogP contribution in [0.4, 0.5) is 0 Å². The Morgan fingerprint density at radius 3 is 2.33 bits per heavy atom. The molecule has 24 heavy (non-hydrogen) atoms. The Bertz CT molecular complexity index is 597. The maximum atomic E-state index is 12.4. The highest BCUT2D eigenvalue weighted by Crippen LogP contribution is 2.27. The molecule has 0 unspecified atom stereocenters. The summed E-state index contributed by atoms with van der Waals surface area (Å²) in [4.78, 5) is 0.284. The lowest BCUT2D eigenvalue weighted by Gasteiger charge is -2.34. The second kappa shape index (κ2) is 9.04. The number of rotatable bonds is 7. The Kier molecular flexibility index (Phi) is 7.99. The second-order valence-corrected chi connectivity index (χ2v) is 8.83. The zero-order valence-corrected chi connectivity index (χ0v) is 16.3. The van der Waals surface area contributed by atoms with Gasteiger partial charge < -0.3 is 10.1 Å². The first-order valence-corrected chi connectivity index (χ1v) is 9.72. The van der Waals surface area contributed by atoms with Gasteiger partial charge in [0.25, 0.3) is 0 Å². The van der Waals surface area contributed by atoms with E-state index in [2.05, 4.69) is 30.8 Å². The summed E-state index contributed by atoms with van der Waals surface area (Å²) in [7, 11) is -3.47. The number of hydrogen-bond donors (Lipinski definition) is 2. The van der Waals surface area contributed by atoms with Gasteiger partial charge in [-0.2, -0.15) is 0 Å². The fourth-order valence-electron chi connectivity index (χ4n) is 2.54. The first-order chi connectivity index (χ1) is 10.8. The first kappa shape index (κ1) is 21.2. The van der Waals surface area contributed by atoms with E-state index < -0.39 is 10.0 Å². The van der Waals surface area contributed by atoms with Gasteiger partial charge in [-0.25, -0.2) is 13.1 Å². The lowest BCUT2D eigenvalue weighted by molar-refractivity contribution is 0.232. The van der Waals surface area contributed by atoms with Crippen molar-refractivity contribution in [2.75, 3.05) is 26.2 Å². The summed E-state index contributed by atoms with van der Waals surface area (Å²) in [5.41, 5.74) is 0.0264. The molecule has 2 N–H and O–H groups in total. The van der Waals surface area contributed by atoms with E-state index in [1.165, 1.54) is 0 Å². The lowest BCUT2D eigenvalue weighted by Crippen LogP contribution is -2.42. The molecule has 7 heteroatoms. The SMILES string of the molecule is CC(C)COc1ccc(S(=O)(=O)NCC2(C)CCNCC2)cc1.Cl. The predicted octanol–water partition coefficient (Wildman–Crippen LogP) is 2.81. The lowest BCUT2D eigenvalue weighted by atomic mass is 9.81. The van der Waals surface area contributed by atoms with E-state index in [0.29, 0.717) is 24.8 Å². The number of sulfonamides is 1. The summed E-state index contributed by atoms with van der Waals surface area (Å²) < 4.78 is 33.2. The molecule has 1 fully saturated rings. The molecular formula is C17H29ClN2O3S. The Balaban J connectivity index is 0.00000288. The minimum atomic E-state index is -3.47. The molecule has 5 nitrogen and oxygen atoms in total. The Labute approximate surface area is 152 Å². The minimum absolute atomic E-state index is 0. The molecule has 0 saturated carbocycles. The Morgan fingerprint density at radius 1 is 1.21 bits per heavy atom. The van der Waals surface area contributed by atoms with Crippen LogP contribution in [-0.4, -0.2) is 34.7 Å². The van der Waals surface area contributed by atoms with Gasteiger partial charge in [0, 0.05) is 6.54 Å². The topological polar surface area (TPSA) is 67.4 Å². The normalized spacial score (nSPS) is 17.3. The van der Waals surface area contributed by atoms with Crippen LogP contribution in [0.25, 0.3) is 0 Å². The van der Waals surface area contributed by atoms with Crippen LogP contribution in [-0.2, 0) is 10.0 Å². The number of piperidine rings is 1. The zero-order chi connectivity index (χ0) is 16.9. The van der Waals surface area contributed by atoms with Gasteiger partial charge in [-0.15, -0.1) is 12.4 Å². The molecule has 1 aromatic rings. The third-order valence-electron chi connectivity index (χ3n) is 4.22. The Morgan fingerprint density at radius 2 is 1.79 bits per heavy atom. The molecule has 0 amide bonds. The quantitative estimate of drug-likeness (QED) is 0.767. The zero-order valence-electron chi connectivity index (χ0n) is 14.7. The van der Waals surface area contributed by atoms with Crippen LogP contribution in [0.3, 0.4) is 0 Å². The number of halogens is 1. The molecule has 0 aromatic heterocycles. The number of hydrogen-bond acceptors (Lipinski definition) is 4. The van der Waals surface area contributed by atoms with E-state index >= 15 is 0 Å². The fourth-order valence-corrected chi connectivity index (χ4v) is 3.74. The monoisotopic (exact) mass is 376 g/mol. The number of benzene rings is 1. The van der Waals surface area contributed by atoms with Gasteiger partial charge in [-0.05, 0) is 61.5 Å². The molecule has 1 saturated heterocycles. The fraction of sp³-hybridized carbons (Fsp3) is 0.647. The van der Waals surface area contributed by atoms with Gasteiger partial charge in [0.1, 0.15) is 5.75 Å². The number of nitrogens with one attached hydrogen (secondary N) is 2. The minimum Gasteiger partial charge on any atom is -0.493 e. The van der Waals surface area contributed by atoms with Crippen molar-refractivity contribution in [3.63, 3.8) is 0 Å². The average molecular weight is 377 g/mol. The van der Waals surface area contributed by atoms with E-state index in [0.717, 1.165) is 25.9 Å². The highest BCUT2D eigenvalue weighted by atomic mass is 35.5. The maximum absolute atomic E-state index is 12.4. The van der Waals surface area contributed by atoms with Gasteiger partial charge in [0.2, 0.25) is 10.0 Å². The van der Waals surface area contributed by atoms with Crippen LogP contribution in [0.1, 0.15) is 33.6 Å². The van der Waals surface area contributed by atoms with E-state index in [1.807, 2.05) is 0 Å². The molecular weight excluding hydrogens is 348 g/mol. The van der Waals surface area contributed by atoms with Crippen molar-refractivity contribution in [2.45, 2.75) is 38.5 Å². The third kappa shape index (κ3) is 6.24. The summed E-state index contributed by atoms with van der Waals surface area (Å²) in [5, 5.41) is 3.30. The van der Waals surface area contributed by atoms with E-state index in [4.69, 9.17) is 4.74 Å². The molecule has 0 bridgehead atoms. The van der Waals surface area contributed by atoms with E-state index in [9.17, 15) is 8.42 Å². The van der Waals surface area contributed by atoms with Crippen molar-refractivity contribution in [3.8, 4) is 5.75 Å². The highest BCUT2D eigenvalue weighted by Gasteiger charge is 2.28. The summed E-state index contributed by atoms with van der Waals surface area (Å²) in [6.07, 6.45) is 1.97. The van der Waals surface area contributed by atoms with Crippen LogP contribution in [0.2, 0.25) is 0 Å². The van der Waals surface area contributed by atoms with Crippen molar-refractivity contribution in [3.05, 3.63) is 24.3 Å². The highest BCUT2D eigenvalue weighted by molar-refractivity contribution is 7.89. The molecule has 1 aromatic carbocycles. The molecule has 0 radical (unpaired) electrons. The number of ether oxygens (including phenoxy) is 1. The average Bonchev–Trinajstić information content (AvgIpc) is 2.52. The van der Waals surface area contributed by atoms with Gasteiger partial charge in [-0.3, -0.25) is 0 Å². The molecule has 1 aliphatic heterocycles. The van der Waals surface area contributed by atoms with Crippen molar-refractivity contribution in [1.82, 2.24) is 10.0 Å². The molecule has 0 aliphatic carbocycles. The van der Waals surface area contributed by atoms with Crippen molar-refractivity contribution < 1.29 is 13.2 Å². The predicted molar refractivity (Wildman–Crippen MR) is 99.4 cm³/mol. The van der Waals surface area contributed by atoms with Gasteiger partial charge >= 0.3 is 0 Å². The summed E-state index contributed by atoms with van der Waals surface area (Å²) in [5.74, 6) is 1.13. The summed E-state index contributed by atoms with van der Waals surface area (Å²) in [6, 6.07) is 6.62. The van der Waals surface area contributed by atoms with Crippen LogP contribution in [0.15, 0.2) is 29.2 Å². The molecule has 0 atom stereocenters. The van der Waals surface area contributed by atoms with Gasteiger partial charge in [0.15, 0.2) is 0 Å². The largest absolute Gasteiger partial charge is 0.493 e. The molecule has 2 rings (SSSR count). The van der Waals surface area contributed by atoms with Crippen molar-refractivity contribution in [2.24, 2.45) is 11.3 Å². The van der Waals surface area contributed by atoms with Crippen LogP contribution >= 0.6 is 12.4 Å². The van der Waals surface area contributed by atoms with E-state index in [1.54, 1.807) is 24.3 Å². The standard InChI is InChI=1S/C17H28N2O3S.ClH/c1-14(2)12-22-15-4-6-16(7-5-15)23(20,21)19-13-17(3)8-10-18-11-9-17;/h4-7,14,18-19H,8-13H2,1-3H3;1H. The molecule has 138 valence electrons. The van der Waals surface area contributed by atoms with Gasteiger partial charge in [-0.1, -0.05) is 20.8 Å². The molecule has 1 aliphatic rings. The third-order valence-corrected chi connectivity index (χ3v) is 5.63. The van der Waals surface area contributed by atoms with Crippen LogP contribution < -0.4 is 14.8 Å². The van der Waals surface area contributed by atoms with Crippen LogP contribution in [0.5, 0.6) is 5.75 Å². The second-order valence-electron chi connectivity index (χ2n) is 7.06. The van der Waals surface area contributed by atoms with Crippen molar-refractivity contribution >= 4 is 22.4 Å². The molecule has 0 spiro atoms. The summed E-state index contributed by atoms with van der Waals surface area (Å²) in [6.45, 7) is 9.27.